The quantitative estimate of drug-likeness (QED) is 0.832. The molecule has 7 nitrogen and oxygen atoms in total. The Balaban J connectivity index is 1.52. The molecule has 1 atom stereocenters. The van der Waals surface area contributed by atoms with E-state index < -0.39 is 0 Å². The van der Waals surface area contributed by atoms with Gasteiger partial charge in [0.1, 0.15) is 12.4 Å². The smallest absolute Gasteiger partial charge is 0.317 e. The van der Waals surface area contributed by atoms with Gasteiger partial charge in [-0.2, -0.15) is 5.10 Å². The summed E-state index contributed by atoms with van der Waals surface area (Å²) in [6.07, 6.45) is 2.80. The fourth-order valence-electron chi connectivity index (χ4n) is 4.10. The lowest BCUT2D eigenvalue weighted by atomic mass is 10.0. The molecular formula is C21H28N4O3. The molecule has 2 amide bonds. The third kappa shape index (κ3) is 3.85. The highest BCUT2D eigenvalue weighted by atomic mass is 16.5. The number of likely N-dealkylation sites (tertiary alicyclic amines) is 1. The van der Waals surface area contributed by atoms with E-state index in [4.69, 9.17) is 14.6 Å². The molecular weight excluding hydrogens is 356 g/mol. The van der Waals surface area contributed by atoms with Gasteiger partial charge in [-0.3, -0.25) is 4.68 Å². The van der Waals surface area contributed by atoms with Crippen molar-refractivity contribution in [2.45, 2.75) is 45.4 Å². The molecule has 0 radical (unpaired) electrons. The standard InChI is InChI=1S/C21H28N4O3/c1-2-22-21(26)24-11-6-9-19(24)20-17-15-27-13-10-18(17)25(23-20)12-14-28-16-7-4-3-5-8-16/h3-5,7-8,19H,2,6,9-15H2,1H3,(H,22,26). The summed E-state index contributed by atoms with van der Waals surface area (Å²) in [5, 5.41) is 7.86. The van der Waals surface area contributed by atoms with E-state index >= 15 is 0 Å². The first-order valence-electron chi connectivity index (χ1n) is 10.2. The van der Waals surface area contributed by atoms with Crippen molar-refractivity contribution in [2.24, 2.45) is 0 Å². The Morgan fingerprint density at radius 2 is 2.21 bits per heavy atom. The topological polar surface area (TPSA) is 68.6 Å². The van der Waals surface area contributed by atoms with Gasteiger partial charge >= 0.3 is 6.03 Å². The van der Waals surface area contributed by atoms with Crippen LogP contribution in [-0.2, 0) is 24.3 Å². The first-order chi connectivity index (χ1) is 13.8. The van der Waals surface area contributed by atoms with E-state index in [-0.39, 0.29) is 12.1 Å². The van der Waals surface area contributed by atoms with Crippen molar-refractivity contribution in [3.63, 3.8) is 0 Å². The molecule has 7 heteroatoms. The highest BCUT2D eigenvalue weighted by molar-refractivity contribution is 5.75. The number of hydrogen-bond donors (Lipinski definition) is 1. The summed E-state index contributed by atoms with van der Waals surface area (Å²) >= 11 is 0. The van der Waals surface area contributed by atoms with Gasteiger partial charge in [0.25, 0.3) is 0 Å². The molecule has 1 fully saturated rings. The number of fused-ring (bicyclic) bond motifs is 1. The first-order valence-corrected chi connectivity index (χ1v) is 10.2. The number of rotatable bonds is 6. The zero-order chi connectivity index (χ0) is 19.3. The number of nitrogens with one attached hydrogen (secondary N) is 1. The lowest BCUT2D eigenvalue weighted by Gasteiger charge is -2.25. The number of aromatic nitrogens is 2. The van der Waals surface area contributed by atoms with E-state index in [2.05, 4.69) is 10.00 Å². The summed E-state index contributed by atoms with van der Waals surface area (Å²) in [6, 6.07) is 9.86. The lowest BCUT2D eigenvalue weighted by molar-refractivity contribution is 0.107. The van der Waals surface area contributed by atoms with E-state index in [0.29, 0.717) is 32.9 Å². The number of carbonyl (C=O) groups is 1. The average molecular weight is 384 g/mol. The number of urea groups is 1. The summed E-state index contributed by atoms with van der Waals surface area (Å²) in [5.41, 5.74) is 3.38. The minimum absolute atomic E-state index is 0.00237. The van der Waals surface area contributed by atoms with Crippen molar-refractivity contribution in [2.75, 3.05) is 26.3 Å². The first kappa shape index (κ1) is 18.8. The second-order valence-corrected chi connectivity index (χ2v) is 7.18. The highest BCUT2D eigenvalue weighted by Gasteiger charge is 2.35. The molecule has 1 saturated heterocycles. The van der Waals surface area contributed by atoms with Crippen LogP contribution in [0.4, 0.5) is 4.79 Å². The Bertz CT molecular complexity index is 805. The van der Waals surface area contributed by atoms with Crippen molar-refractivity contribution >= 4 is 6.03 Å². The summed E-state index contributed by atoms with van der Waals surface area (Å²) < 4.78 is 13.6. The molecule has 2 aliphatic rings. The van der Waals surface area contributed by atoms with Crippen molar-refractivity contribution < 1.29 is 14.3 Å². The predicted octanol–water partition coefficient (Wildman–Crippen LogP) is 2.90. The average Bonchev–Trinajstić information content (AvgIpc) is 3.34. The molecule has 1 N–H and O–H groups in total. The van der Waals surface area contributed by atoms with Crippen LogP contribution < -0.4 is 10.1 Å². The maximum absolute atomic E-state index is 12.5. The molecule has 0 spiro atoms. The second-order valence-electron chi connectivity index (χ2n) is 7.18. The van der Waals surface area contributed by atoms with Gasteiger partial charge in [-0.25, -0.2) is 4.79 Å². The van der Waals surface area contributed by atoms with Gasteiger partial charge in [0.15, 0.2) is 0 Å². The van der Waals surface area contributed by atoms with Crippen LogP contribution in [0.25, 0.3) is 0 Å². The van der Waals surface area contributed by atoms with E-state index in [0.717, 1.165) is 42.8 Å². The van der Waals surface area contributed by atoms with Crippen LogP contribution in [-0.4, -0.2) is 47.0 Å². The van der Waals surface area contributed by atoms with Gasteiger partial charge in [0.05, 0.1) is 31.5 Å². The number of benzene rings is 1. The number of para-hydroxylation sites is 1. The second kappa shape index (κ2) is 8.65. The molecule has 0 aliphatic carbocycles. The highest BCUT2D eigenvalue weighted by Crippen LogP contribution is 2.35. The zero-order valence-electron chi connectivity index (χ0n) is 16.4. The summed E-state index contributed by atoms with van der Waals surface area (Å²) in [4.78, 5) is 14.4. The summed E-state index contributed by atoms with van der Waals surface area (Å²) in [7, 11) is 0. The maximum atomic E-state index is 12.5. The minimum atomic E-state index is -0.00237. The fraction of sp³-hybridized carbons (Fsp3) is 0.524. The molecule has 0 saturated carbocycles. The predicted molar refractivity (Wildman–Crippen MR) is 105 cm³/mol. The number of hydrogen-bond acceptors (Lipinski definition) is 4. The molecule has 150 valence electrons. The van der Waals surface area contributed by atoms with Crippen LogP contribution in [0.2, 0.25) is 0 Å². The molecule has 3 heterocycles. The van der Waals surface area contributed by atoms with E-state index in [9.17, 15) is 4.79 Å². The third-order valence-corrected chi connectivity index (χ3v) is 5.40. The van der Waals surface area contributed by atoms with Crippen LogP contribution >= 0.6 is 0 Å². The summed E-state index contributed by atoms with van der Waals surface area (Å²) in [5.74, 6) is 0.866. The number of ether oxygens (including phenoxy) is 2. The normalized spacial score (nSPS) is 18.8. The van der Waals surface area contributed by atoms with Crippen LogP contribution in [0.5, 0.6) is 5.75 Å². The largest absolute Gasteiger partial charge is 0.492 e. The molecule has 1 aromatic carbocycles. The Hall–Kier alpha value is -2.54. The van der Waals surface area contributed by atoms with Crippen LogP contribution in [0, 0.1) is 0 Å². The van der Waals surface area contributed by atoms with E-state index in [1.807, 2.05) is 42.2 Å². The Morgan fingerprint density at radius 1 is 1.36 bits per heavy atom. The number of nitrogens with zero attached hydrogens (tertiary/aromatic N) is 3. The number of carbonyl (C=O) groups excluding carboxylic acids is 1. The minimum Gasteiger partial charge on any atom is -0.492 e. The SMILES string of the molecule is CCNC(=O)N1CCCC1c1nn(CCOc2ccccc2)c2c1COCC2. The Kier molecular flexibility index (Phi) is 5.81. The monoisotopic (exact) mass is 384 g/mol. The van der Waals surface area contributed by atoms with Gasteiger partial charge in [-0.05, 0) is 31.9 Å². The van der Waals surface area contributed by atoms with Crippen LogP contribution in [0.3, 0.4) is 0 Å². The lowest BCUT2D eigenvalue weighted by Crippen LogP contribution is -2.39. The molecule has 1 unspecified atom stereocenters. The van der Waals surface area contributed by atoms with Crippen molar-refractivity contribution in [1.82, 2.24) is 20.0 Å². The van der Waals surface area contributed by atoms with Gasteiger partial charge in [0.2, 0.25) is 0 Å². The molecule has 2 aromatic rings. The van der Waals surface area contributed by atoms with Crippen molar-refractivity contribution in [1.29, 1.82) is 0 Å². The summed E-state index contributed by atoms with van der Waals surface area (Å²) in [6.45, 7) is 5.88. The fourth-order valence-corrected chi connectivity index (χ4v) is 4.10. The van der Waals surface area contributed by atoms with E-state index in [1.54, 1.807) is 0 Å². The van der Waals surface area contributed by atoms with Gasteiger partial charge in [-0.1, -0.05) is 18.2 Å². The van der Waals surface area contributed by atoms with Crippen molar-refractivity contribution in [3.8, 4) is 5.75 Å². The third-order valence-electron chi connectivity index (χ3n) is 5.40. The number of amides is 2. The molecule has 28 heavy (non-hydrogen) atoms. The van der Waals surface area contributed by atoms with Crippen LogP contribution in [0.15, 0.2) is 30.3 Å². The van der Waals surface area contributed by atoms with Gasteiger partial charge in [-0.15, -0.1) is 0 Å². The van der Waals surface area contributed by atoms with E-state index in [1.165, 1.54) is 5.69 Å². The molecule has 1 aromatic heterocycles. The van der Waals surface area contributed by atoms with Gasteiger partial charge in [0, 0.05) is 30.8 Å². The van der Waals surface area contributed by atoms with Crippen molar-refractivity contribution in [3.05, 3.63) is 47.3 Å². The Labute approximate surface area is 165 Å². The maximum Gasteiger partial charge on any atom is 0.317 e. The molecule has 4 rings (SSSR count). The van der Waals surface area contributed by atoms with Crippen LogP contribution in [0.1, 0.15) is 42.8 Å². The van der Waals surface area contributed by atoms with Gasteiger partial charge < -0.3 is 19.7 Å². The zero-order valence-corrected chi connectivity index (χ0v) is 16.4. The molecule has 2 aliphatic heterocycles. The molecule has 0 bridgehead atoms. The Morgan fingerprint density at radius 3 is 3.04 bits per heavy atom.